The molecule has 0 aliphatic carbocycles. The van der Waals surface area contributed by atoms with E-state index < -0.39 is 10.0 Å². The summed E-state index contributed by atoms with van der Waals surface area (Å²) in [7, 11) is -3.64. The average molecular weight is 374 g/mol. The molecule has 0 spiro atoms. The Balaban J connectivity index is 1.80. The molecular weight excluding hydrogens is 352 g/mol. The van der Waals surface area contributed by atoms with Gasteiger partial charge in [-0.05, 0) is 24.6 Å². The summed E-state index contributed by atoms with van der Waals surface area (Å²) in [5.74, 6) is -0.337. The van der Waals surface area contributed by atoms with Gasteiger partial charge in [0.1, 0.15) is 0 Å². The molecule has 0 saturated carbocycles. The van der Waals surface area contributed by atoms with Gasteiger partial charge in [-0.1, -0.05) is 42.0 Å². The minimum absolute atomic E-state index is 0.144. The number of carbonyl (C=O) groups excluding carboxylic acids is 1. The van der Waals surface area contributed by atoms with Crippen molar-refractivity contribution in [2.75, 3.05) is 31.0 Å². The Morgan fingerprint density at radius 2 is 1.85 bits per heavy atom. The highest BCUT2D eigenvalue weighted by Crippen LogP contribution is 2.21. The van der Waals surface area contributed by atoms with Crippen LogP contribution in [0.25, 0.3) is 0 Å². The van der Waals surface area contributed by atoms with Gasteiger partial charge >= 0.3 is 0 Å². The molecular formula is C19H22N2O4S. The summed E-state index contributed by atoms with van der Waals surface area (Å²) >= 11 is 0. The van der Waals surface area contributed by atoms with E-state index in [-0.39, 0.29) is 11.7 Å². The Bertz CT molecular complexity index is 890. The minimum Gasteiger partial charge on any atom is -0.378 e. The number of hydrogen-bond acceptors (Lipinski definition) is 4. The maximum Gasteiger partial charge on any atom is 0.256 e. The lowest BCUT2D eigenvalue weighted by atomic mass is 10.1. The highest BCUT2D eigenvalue weighted by atomic mass is 32.2. The molecule has 0 unspecified atom stereocenters. The second-order valence-corrected chi connectivity index (χ2v) is 8.02. The molecule has 0 atom stereocenters. The Labute approximate surface area is 153 Å². The summed E-state index contributed by atoms with van der Waals surface area (Å²) in [6, 6.07) is 14.0. The first kappa shape index (κ1) is 18.4. The summed E-state index contributed by atoms with van der Waals surface area (Å²) in [4.78, 5) is 14.4. The summed E-state index contributed by atoms with van der Waals surface area (Å²) in [6.45, 7) is 3.91. The van der Waals surface area contributed by atoms with Crippen LogP contribution in [-0.4, -0.2) is 45.5 Å². The first-order valence-corrected chi connectivity index (χ1v) is 10.1. The second-order valence-electron chi connectivity index (χ2n) is 6.30. The fraction of sp³-hybridized carbons (Fsp3) is 0.316. The van der Waals surface area contributed by atoms with Gasteiger partial charge in [-0.3, -0.25) is 9.52 Å². The molecule has 7 heteroatoms. The minimum atomic E-state index is -3.64. The van der Waals surface area contributed by atoms with Crippen LogP contribution in [0.2, 0.25) is 0 Å². The molecule has 0 bridgehead atoms. The Kier molecular flexibility index (Phi) is 5.58. The molecule has 1 N–H and O–H groups in total. The summed E-state index contributed by atoms with van der Waals surface area (Å²) < 4.78 is 33.0. The SMILES string of the molecule is Cc1cccc(CS(=O)(=O)Nc2ccccc2C(=O)N2CCOCC2)c1. The van der Waals surface area contributed by atoms with E-state index in [1.807, 2.05) is 25.1 Å². The van der Waals surface area contributed by atoms with Crippen molar-refractivity contribution in [2.24, 2.45) is 0 Å². The van der Waals surface area contributed by atoms with Crippen LogP contribution in [0.1, 0.15) is 21.5 Å². The van der Waals surface area contributed by atoms with Gasteiger partial charge in [0.2, 0.25) is 10.0 Å². The van der Waals surface area contributed by atoms with Crippen LogP contribution in [0.3, 0.4) is 0 Å². The molecule has 26 heavy (non-hydrogen) atoms. The predicted molar refractivity (Wildman–Crippen MR) is 101 cm³/mol. The van der Waals surface area contributed by atoms with E-state index in [1.54, 1.807) is 35.2 Å². The first-order chi connectivity index (χ1) is 12.4. The number of nitrogens with zero attached hydrogens (tertiary/aromatic N) is 1. The van der Waals surface area contributed by atoms with E-state index in [4.69, 9.17) is 4.74 Å². The maximum atomic E-state index is 12.7. The smallest absolute Gasteiger partial charge is 0.256 e. The van der Waals surface area contributed by atoms with Crippen molar-refractivity contribution in [1.29, 1.82) is 0 Å². The summed E-state index contributed by atoms with van der Waals surface area (Å²) in [5.41, 5.74) is 2.36. The molecule has 1 aliphatic heterocycles. The molecule has 1 saturated heterocycles. The molecule has 0 aromatic heterocycles. The lowest BCUT2D eigenvalue weighted by molar-refractivity contribution is 0.0303. The molecule has 0 radical (unpaired) electrons. The van der Waals surface area contributed by atoms with E-state index in [0.29, 0.717) is 43.1 Å². The Hall–Kier alpha value is -2.38. The van der Waals surface area contributed by atoms with E-state index in [1.165, 1.54) is 0 Å². The topological polar surface area (TPSA) is 75.7 Å². The number of para-hydroxylation sites is 1. The standard InChI is InChI=1S/C19H22N2O4S/c1-15-5-4-6-16(13-15)14-26(23,24)20-18-8-3-2-7-17(18)19(22)21-9-11-25-12-10-21/h2-8,13,20H,9-12,14H2,1H3. The van der Waals surface area contributed by atoms with Gasteiger partial charge < -0.3 is 9.64 Å². The number of sulfonamides is 1. The largest absolute Gasteiger partial charge is 0.378 e. The Morgan fingerprint density at radius 1 is 1.12 bits per heavy atom. The number of anilines is 1. The van der Waals surface area contributed by atoms with Crippen molar-refractivity contribution >= 4 is 21.6 Å². The normalized spacial score (nSPS) is 14.9. The molecule has 1 aliphatic rings. The summed E-state index contributed by atoms with van der Waals surface area (Å²) in [5, 5.41) is 0. The number of morpholine rings is 1. The maximum absolute atomic E-state index is 12.7. The van der Waals surface area contributed by atoms with Crippen LogP contribution in [0.15, 0.2) is 48.5 Å². The van der Waals surface area contributed by atoms with E-state index in [2.05, 4.69) is 4.72 Å². The number of rotatable bonds is 5. The lowest BCUT2D eigenvalue weighted by Gasteiger charge is -2.27. The summed E-state index contributed by atoms with van der Waals surface area (Å²) in [6.07, 6.45) is 0. The molecule has 6 nitrogen and oxygen atoms in total. The van der Waals surface area contributed by atoms with Gasteiger partial charge in [0.05, 0.1) is 30.2 Å². The van der Waals surface area contributed by atoms with Crippen molar-refractivity contribution in [1.82, 2.24) is 4.90 Å². The van der Waals surface area contributed by atoms with E-state index in [9.17, 15) is 13.2 Å². The number of nitrogens with one attached hydrogen (secondary N) is 1. The average Bonchev–Trinajstić information content (AvgIpc) is 2.61. The van der Waals surface area contributed by atoms with Crippen molar-refractivity contribution in [2.45, 2.75) is 12.7 Å². The predicted octanol–water partition coefficient (Wildman–Crippen LogP) is 2.41. The molecule has 2 aromatic rings. The molecule has 1 amide bonds. The number of aryl methyl sites for hydroxylation is 1. The van der Waals surface area contributed by atoms with Gasteiger partial charge in [0, 0.05) is 13.1 Å². The van der Waals surface area contributed by atoms with Crippen LogP contribution in [0.5, 0.6) is 0 Å². The number of amides is 1. The fourth-order valence-corrected chi connectivity index (χ4v) is 4.12. The third kappa shape index (κ3) is 4.62. The van der Waals surface area contributed by atoms with Crippen molar-refractivity contribution in [3.05, 3.63) is 65.2 Å². The molecule has 138 valence electrons. The zero-order valence-electron chi connectivity index (χ0n) is 14.6. The lowest BCUT2D eigenvalue weighted by Crippen LogP contribution is -2.41. The van der Waals surface area contributed by atoms with Crippen LogP contribution < -0.4 is 4.72 Å². The van der Waals surface area contributed by atoms with Gasteiger partial charge in [-0.25, -0.2) is 8.42 Å². The molecule has 1 fully saturated rings. The highest BCUT2D eigenvalue weighted by Gasteiger charge is 2.22. The van der Waals surface area contributed by atoms with E-state index >= 15 is 0 Å². The van der Waals surface area contributed by atoms with Crippen molar-refractivity contribution in [3.63, 3.8) is 0 Å². The zero-order valence-corrected chi connectivity index (χ0v) is 15.5. The highest BCUT2D eigenvalue weighted by molar-refractivity contribution is 7.91. The number of benzene rings is 2. The van der Waals surface area contributed by atoms with Gasteiger partial charge in [-0.2, -0.15) is 0 Å². The molecule has 1 heterocycles. The molecule has 3 rings (SSSR count). The van der Waals surface area contributed by atoms with Crippen molar-refractivity contribution < 1.29 is 17.9 Å². The quantitative estimate of drug-likeness (QED) is 0.872. The van der Waals surface area contributed by atoms with Gasteiger partial charge in [0.25, 0.3) is 5.91 Å². The monoisotopic (exact) mass is 374 g/mol. The van der Waals surface area contributed by atoms with Gasteiger partial charge in [0.15, 0.2) is 0 Å². The third-order valence-corrected chi connectivity index (χ3v) is 5.40. The fourth-order valence-electron chi connectivity index (χ4n) is 2.92. The van der Waals surface area contributed by atoms with Crippen LogP contribution in [-0.2, 0) is 20.5 Å². The van der Waals surface area contributed by atoms with Crippen LogP contribution in [0.4, 0.5) is 5.69 Å². The molecule has 2 aromatic carbocycles. The first-order valence-electron chi connectivity index (χ1n) is 8.47. The number of ether oxygens (including phenoxy) is 1. The Morgan fingerprint density at radius 3 is 2.58 bits per heavy atom. The number of carbonyl (C=O) groups is 1. The number of hydrogen-bond donors (Lipinski definition) is 1. The van der Waals surface area contributed by atoms with Crippen LogP contribution in [0, 0.1) is 6.92 Å². The second kappa shape index (κ2) is 7.88. The van der Waals surface area contributed by atoms with Crippen molar-refractivity contribution in [3.8, 4) is 0 Å². The van der Waals surface area contributed by atoms with Gasteiger partial charge in [-0.15, -0.1) is 0 Å². The third-order valence-electron chi connectivity index (χ3n) is 4.16. The van der Waals surface area contributed by atoms with Crippen LogP contribution >= 0.6 is 0 Å². The zero-order chi connectivity index (χ0) is 18.6. The van der Waals surface area contributed by atoms with E-state index in [0.717, 1.165) is 5.56 Å².